The SMILES string of the molecule is CC(C)c1ccccc1N(CC(=O)N(Cc1ccc(Br)cc1)C(Cc1ccccc1)C(=O)NC(C)(C)C)S(C)(=O)=O. The number of sulfonamides is 1. The van der Waals surface area contributed by atoms with Gasteiger partial charge in [-0.15, -0.1) is 0 Å². The van der Waals surface area contributed by atoms with E-state index in [-0.39, 0.29) is 24.8 Å². The zero-order valence-electron chi connectivity index (χ0n) is 24.6. The highest BCUT2D eigenvalue weighted by Gasteiger charge is 2.34. The van der Waals surface area contributed by atoms with Gasteiger partial charge in [-0.25, -0.2) is 8.42 Å². The van der Waals surface area contributed by atoms with Gasteiger partial charge in [0.1, 0.15) is 12.6 Å². The summed E-state index contributed by atoms with van der Waals surface area (Å²) in [6.07, 6.45) is 1.37. The van der Waals surface area contributed by atoms with Crippen LogP contribution in [0.15, 0.2) is 83.3 Å². The van der Waals surface area contributed by atoms with E-state index in [1.165, 1.54) is 4.90 Å². The van der Waals surface area contributed by atoms with Crippen LogP contribution in [0.25, 0.3) is 0 Å². The Kier molecular flexibility index (Phi) is 10.8. The molecule has 0 heterocycles. The van der Waals surface area contributed by atoms with Gasteiger partial charge in [-0.05, 0) is 61.6 Å². The number of rotatable bonds is 11. The molecule has 41 heavy (non-hydrogen) atoms. The van der Waals surface area contributed by atoms with E-state index >= 15 is 0 Å². The third-order valence-corrected chi connectivity index (χ3v) is 8.20. The predicted molar refractivity (Wildman–Crippen MR) is 169 cm³/mol. The zero-order chi connectivity index (χ0) is 30.4. The molecule has 1 unspecified atom stereocenters. The maximum Gasteiger partial charge on any atom is 0.244 e. The minimum Gasteiger partial charge on any atom is -0.350 e. The van der Waals surface area contributed by atoms with Gasteiger partial charge in [-0.2, -0.15) is 0 Å². The van der Waals surface area contributed by atoms with E-state index < -0.39 is 34.1 Å². The van der Waals surface area contributed by atoms with Gasteiger partial charge in [0.15, 0.2) is 0 Å². The number of carbonyl (C=O) groups excluding carboxylic acids is 2. The summed E-state index contributed by atoms with van der Waals surface area (Å²) >= 11 is 3.45. The summed E-state index contributed by atoms with van der Waals surface area (Å²) in [6.45, 7) is 9.32. The van der Waals surface area contributed by atoms with Gasteiger partial charge in [-0.3, -0.25) is 13.9 Å². The van der Waals surface area contributed by atoms with Crippen molar-refractivity contribution < 1.29 is 18.0 Å². The van der Waals surface area contributed by atoms with Crippen molar-refractivity contribution in [2.24, 2.45) is 0 Å². The maximum absolute atomic E-state index is 14.3. The van der Waals surface area contributed by atoms with Crippen LogP contribution in [0.2, 0.25) is 0 Å². The molecule has 3 aromatic carbocycles. The molecule has 0 aliphatic rings. The number of amides is 2. The number of nitrogens with one attached hydrogen (secondary N) is 1. The standard InChI is InChI=1S/C32H40BrN3O4S/c1-23(2)27-14-10-11-15-28(27)36(41(6,39)40)22-30(37)35(21-25-16-18-26(33)19-17-25)29(31(38)34-32(3,4)5)20-24-12-8-7-9-13-24/h7-19,23,29H,20-22H2,1-6H3,(H,34,38). The number of halogens is 1. The molecule has 0 aliphatic carbocycles. The first-order valence-corrected chi connectivity index (χ1v) is 16.3. The number of anilines is 1. The minimum atomic E-state index is -3.84. The normalized spacial score (nSPS) is 12.6. The highest BCUT2D eigenvalue weighted by Crippen LogP contribution is 2.29. The largest absolute Gasteiger partial charge is 0.350 e. The van der Waals surface area contributed by atoms with Gasteiger partial charge in [0.2, 0.25) is 21.8 Å². The third kappa shape index (κ3) is 9.43. The Morgan fingerprint density at radius 2 is 1.46 bits per heavy atom. The summed E-state index contributed by atoms with van der Waals surface area (Å²) < 4.78 is 28.3. The van der Waals surface area contributed by atoms with Crippen molar-refractivity contribution in [1.29, 1.82) is 0 Å². The summed E-state index contributed by atoms with van der Waals surface area (Å²) in [4.78, 5) is 29.6. The predicted octanol–water partition coefficient (Wildman–Crippen LogP) is 5.89. The number of para-hydroxylation sites is 1. The van der Waals surface area contributed by atoms with Crippen LogP contribution in [0.5, 0.6) is 0 Å². The molecular weight excluding hydrogens is 602 g/mol. The van der Waals surface area contributed by atoms with Gasteiger partial charge < -0.3 is 10.2 Å². The van der Waals surface area contributed by atoms with Crippen LogP contribution < -0.4 is 9.62 Å². The highest BCUT2D eigenvalue weighted by atomic mass is 79.9. The van der Waals surface area contributed by atoms with Crippen LogP contribution in [0, 0.1) is 0 Å². The molecule has 220 valence electrons. The molecule has 3 aromatic rings. The van der Waals surface area contributed by atoms with E-state index in [4.69, 9.17) is 0 Å². The summed E-state index contributed by atoms with van der Waals surface area (Å²) in [5, 5.41) is 3.04. The summed E-state index contributed by atoms with van der Waals surface area (Å²) in [5.74, 6) is -0.741. The monoisotopic (exact) mass is 641 g/mol. The Labute approximate surface area is 253 Å². The highest BCUT2D eigenvalue weighted by molar-refractivity contribution is 9.10. The number of benzene rings is 3. The van der Waals surface area contributed by atoms with Gasteiger partial charge in [0.05, 0.1) is 11.9 Å². The second kappa shape index (κ2) is 13.7. The van der Waals surface area contributed by atoms with Crippen molar-refractivity contribution in [1.82, 2.24) is 10.2 Å². The Bertz CT molecular complexity index is 1440. The van der Waals surface area contributed by atoms with Gasteiger partial charge in [-0.1, -0.05) is 90.4 Å². The van der Waals surface area contributed by atoms with Crippen molar-refractivity contribution in [3.05, 3.63) is 100 Å². The number of carbonyl (C=O) groups is 2. The molecule has 0 saturated carbocycles. The first-order valence-electron chi connectivity index (χ1n) is 13.6. The smallest absolute Gasteiger partial charge is 0.244 e. The van der Waals surface area contributed by atoms with Crippen LogP contribution in [-0.2, 0) is 32.6 Å². The first kappa shape index (κ1) is 32.3. The van der Waals surface area contributed by atoms with Gasteiger partial charge in [0.25, 0.3) is 0 Å². The fourth-order valence-corrected chi connectivity index (χ4v) is 5.72. The van der Waals surface area contributed by atoms with Crippen molar-refractivity contribution in [2.45, 2.75) is 65.1 Å². The van der Waals surface area contributed by atoms with Gasteiger partial charge >= 0.3 is 0 Å². The molecule has 2 amide bonds. The minimum absolute atomic E-state index is 0.0350. The Morgan fingerprint density at radius 1 is 0.878 bits per heavy atom. The Hall–Kier alpha value is -3.17. The van der Waals surface area contributed by atoms with Crippen molar-refractivity contribution in [3.8, 4) is 0 Å². The second-order valence-corrected chi connectivity index (χ2v) is 14.4. The molecule has 0 aromatic heterocycles. The lowest BCUT2D eigenvalue weighted by Gasteiger charge is -2.35. The van der Waals surface area contributed by atoms with Gasteiger partial charge in [0, 0.05) is 23.0 Å². The molecular formula is C32H40BrN3O4S. The molecule has 0 aliphatic heterocycles. The van der Waals surface area contributed by atoms with E-state index in [0.29, 0.717) is 5.69 Å². The first-order chi connectivity index (χ1) is 19.2. The lowest BCUT2D eigenvalue weighted by atomic mass is 10.00. The fraction of sp³-hybridized carbons (Fsp3) is 0.375. The van der Waals surface area contributed by atoms with Crippen molar-refractivity contribution in [2.75, 3.05) is 17.1 Å². The quantitative estimate of drug-likeness (QED) is 0.283. The molecule has 0 bridgehead atoms. The van der Waals surface area contributed by atoms with E-state index in [9.17, 15) is 18.0 Å². The lowest BCUT2D eigenvalue weighted by molar-refractivity contribution is -0.140. The maximum atomic E-state index is 14.3. The van der Waals surface area contributed by atoms with Crippen LogP contribution in [-0.4, -0.2) is 49.5 Å². The average molecular weight is 643 g/mol. The molecule has 0 radical (unpaired) electrons. The lowest BCUT2D eigenvalue weighted by Crippen LogP contribution is -2.56. The molecule has 0 spiro atoms. The molecule has 0 saturated heterocycles. The molecule has 1 atom stereocenters. The second-order valence-electron chi connectivity index (χ2n) is 11.6. The summed E-state index contributed by atoms with van der Waals surface area (Å²) in [6, 6.07) is 23.4. The van der Waals surface area contributed by atoms with E-state index in [1.807, 2.05) is 101 Å². The molecule has 0 fully saturated rings. The number of hydrogen-bond acceptors (Lipinski definition) is 4. The molecule has 7 nitrogen and oxygen atoms in total. The summed E-state index contributed by atoms with van der Waals surface area (Å²) in [7, 11) is -3.84. The van der Waals surface area contributed by atoms with Crippen molar-refractivity contribution in [3.63, 3.8) is 0 Å². The van der Waals surface area contributed by atoms with E-state index in [1.54, 1.807) is 12.1 Å². The van der Waals surface area contributed by atoms with Crippen LogP contribution >= 0.6 is 15.9 Å². The van der Waals surface area contributed by atoms with E-state index in [2.05, 4.69) is 21.2 Å². The third-order valence-electron chi connectivity index (χ3n) is 6.54. The van der Waals surface area contributed by atoms with Crippen LogP contribution in [0.3, 0.4) is 0 Å². The van der Waals surface area contributed by atoms with Crippen molar-refractivity contribution >= 4 is 43.5 Å². The van der Waals surface area contributed by atoms with Crippen LogP contribution in [0.1, 0.15) is 57.2 Å². The molecule has 3 rings (SSSR count). The Morgan fingerprint density at radius 3 is 2.02 bits per heavy atom. The van der Waals surface area contributed by atoms with Crippen LogP contribution in [0.4, 0.5) is 5.69 Å². The number of nitrogens with zero attached hydrogens (tertiary/aromatic N) is 2. The van der Waals surface area contributed by atoms with E-state index in [0.717, 1.165) is 31.7 Å². The molecule has 9 heteroatoms. The Balaban J connectivity index is 2.11. The zero-order valence-corrected chi connectivity index (χ0v) is 27.0. The summed E-state index contributed by atoms with van der Waals surface area (Å²) in [5.41, 5.74) is 2.45. The topological polar surface area (TPSA) is 86.8 Å². The fourth-order valence-electron chi connectivity index (χ4n) is 4.59. The molecule has 1 N–H and O–H groups in total. The average Bonchev–Trinajstić information content (AvgIpc) is 2.89. The number of hydrogen-bond donors (Lipinski definition) is 1.